The lowest BCUT2D eigenvalue weighted by Gasteiger charge is -2.24. The van der Waals surface area contributed by atoms with E-state index in [1.165, 1.54) is 7.05 Å². The van der Waals surface area contributed by atoms with Gasteiger partial charge in [-0.3, -0.25) is 4.31 Å². The second-order valence-electron chi connectivity index (χ2n) is 3.53. The maximum absolute atomic E-state index is 12.1. The molecule has 0 aromatic carbocycles. The van der Waals surface area contributed by atoms with Gasteiger partial charge in [-0.05, 0) is 6.92 Å². The molecule has 0 bridgehead atoms. The van der Waals surface area contributed by atoms with Crippen molar-refractivity contribution >= 4 is 33.1 Å². The van der Waals surface area contributed by atoms with E-state index in [-0.39, 0.29) is 9.90 Å². The van der Waals surface area contributed by atoms with Crippen LogP contribution in [0.4, 0.5) is 0 Å². The Kier molecular flexibility index (Phi) is 2.82. The number of carbonyl (C=O) groups is 1. The van der Waals surface area contributed by atoms with Gasteiger partial charge in [0.2, 0.25) is 0 Å². The Hall–Kier alpha value is -1.61. The predicted molar refractivity (Wildman–Crippen MR) is 63.4 cm³/mol. The molecule has 0 aliphatic carbocycles. The van der Waals surface area contributed by atoms with E-state index >= 15 is 0 Å². The van der Waals surface area contributed by atoms with Crippen molar-refractivity contribution < 1.29 is 23.1 Å². The molecule has 0 saturated carbocycles. The summed E-state index contributed by atoms with van der Waals surface area (Å²) in [5.74, 6) is -1.42. The Labute approximate surface area is 107 Å². The first-order chi connectivity index (χ1) is 8.30. The largest absolute Gasteiger partial charge is 0.504 e. The highest BCUT2D eigenvalue weighted by Gasteiger charge is 2.41. The number of fused-ring (bicyclic) bond motifs is 1. The number of esters is 1. The molecule has 0 unspecified atom stereocenters. The lowest BCUT2D eigenvalue weighted by atomic mass is 10.3. The number of hydrogen-bond donors (Lipinski definition) is 1. The fourth-order valence-electron chi connectivity index (χ4n) is 1.56. The van der Waals surface area contributed by atoms with Gasteiger partial charge in [-0.25, -0.2) is 18.2 Å². The number of aliphatic hydroxyl groups excluding tert-OH is 1. The molecular formula is C9H10N2O5S2. The molecule has 2 heterocycles. The minimum absolute atomic E-state index is 0.0762. The average molecular weight is 290 g/mol. The molecule has 2 rings (SSSR count). The second-order valence-corrected chi connectivity index (χ2v) is 6.90. The summed E-state index contributed by atoms with van der Waals surface area (Å²) < 4.78 is 29.4. The van der Waals surface area contributed by atoms with Crippen molar-refractivity contribution in [2.75, 3.05) is 14.2 Å². The highest BCUT2D eigenvalue weighted by Crippen LogP contribution is 2.37. The molecule has 0 saturated heterocycles. The summed E-state index contributed by atoms with van der Waals surface area (Å²) in [4.78, 5) is 15.4. The number of hydrogen-bond acceptors (Lipinski definition) is 7. The molecule has 0 atom stereocenters. The van der Waals surface area contributed by atoms with Crippen LogP contribution >= 0.6 is 11.3 Å². The Morgan fingerprint density at radius 3 is 2.67 bits per heavy atom. The molecule has 18 heavy (non-hydrogen) atoms. The molecule has 1 aromatic heterocycles. The van der Waals surface area contributed by atoms with Gasteiger partial charge < -0.3 is 9.84 Å². The number of aromatic nitrogens is 1. The summed E-state index contributed by atoms with van der Waals surface area (Å²) in [6.45, 7) is 1.61. The molecule has 7 nitrogen and oxygen atoms in total. The van der Waals surface area contributed by atoms with Crippen LogP contribution in [0.25, 0.3) is 5.76 Å². The van der Waals surface area contributed by atoms with Crippen LogP contribution < -0.4 is 0 Å². The van der Waals surface area contributed by atoms with Crippen molar-refractivity contribution in [1.82, 2.24) is 9.29 Å². The van der Waals surface area contributed by atoms with Crippen molar-refractivity contribution in [3.05, 3.63) is 16.4 Å². The quantitative estimate of drug-likeness (QED) is 0.756. The van der Waals surface area contributed by atoms with Gasteiger partial charge in [-0.15, -0.1) is 11.3 Å². The Morgan fingerprint density at radius 1 is 1.50 bits per heavy atom. The molecule has 1 aromatic rings. The zero-order chi connectivity index (χ0) is 13.7. The summed E-state index contributed by atoms with van der Waals surface area (Å²) in [5.41, 5.74) is -0.536. The number of ether oxygens (including phenoxy) is 1. The number of likely N-dealkylation sites (N-methyl/N-ethyl adjacent to an activating group) is 1. The number of aryl methyl sites for hydroxylation is 1. The fourth-order valence-corrected chi connectivity index (χ4v) is 4.36. The number of carbonyl (C=O) groups excluding carboxylic acids is 1. The van der Waals surface area contributed by atoms with E-state index in [1.807, 2.05) is 0 Å². The topological polar surface area (TPSA) is 96.8 Å². The lowest BCUT2D eigenvalue weighted by molar-refractivity contribution is -0.137. The molecule has 9 heteroatoms. The first-order valence-electron chi connectivity index (χ1n) is 4.79. The van der Waals surface area contributed by atoms with E-state index in [2.05, 4.69) is 9.72 Å². The Balaban J connectivity index is 2.80. The highest BCUT2D eigenvalue weighted by molar-refractivity contribution is 7.91. The van der Waals surface area contributed by atoms with Crippen LogP contribution in [-0.2, 0) is 19.6 Å². The molecule has 0 spiro atoms. The zero-order valence-electron chi connectivity index (χ0n) is 9.79. The lowest BCUT2D eigenvalue weighted by Crippen LogP contribution is -2.34. The van der Waals surface area contributed by atoms with Crippen LogP contribution in [0.15, 0.2) is 9.91 Å². The Bertz CT molecular complexity index is 658. The molecule has 0 radical (unpaired) electrons. The number of thiazole rings is 1. The van der Waals surface area contributed by atoms with E-state index in [4.69, 9.17) is 0 Å². The molecule has 98 valence electrons. The molecule has 1 aliphatic heterocycles. The van der Waals surface area contributed by atoms with E-state index in [9.17, 15) is 18.3 Å². The SMILES string of the molecule is COC(=O)C1=C(O)c2nc(C)sc2S(=O)(=O)N1C. The third-order valence-corrected chi connectivity index (χ3v) is 5.65. The van der Waals surface area contributed by atoms with Gasteiger partial charge >= 0.3 is 5.97 Å². The summed E-state index contributed by atoms with van der Waals surface area (Å²) in [5, 5.41) is 10.4. The van der Waals surface area contributed by atoms with Gasteiger partial charge in [0.15, 0.2) is 15.7 Å². The van der Waals surface area contributed by atoms with Gasteiger partial charge in [-0.2, -0.15) is 0 Å². The summed E-state index contributed by atoms with van der Waals surface area (Å²) in [7, 11) is -1.59. The first-order valence-corrected chi connectivity index (χ1v) is 7.04. The second kappa shape index (κ2) is 3.95. The number of rotatable bonds is 1. The van der Waals surface area contributed by atoms with E-state index < -0.39 is 27.4 Å². The van der Waals surface area contributed by atoms with Crippen molar-refractivity contribution in [2.24, 2.45) is 0 Å². The van der Waals surface area contributed by atoms with E-state index in [1.54, 1.807) is 6.92 Å². The van der Waals surface area contributed by atoms with E-state index in [0.29, 0.717) is 9.31 Å². The Morgan fingerprint density at radius 2 is 2.11 bits per heavy atom. The molecule has 0 fully saturated rings. The summed E-state index contributed by atoms with van der Waals surface area (Å²) >= 11 is 0.939. The van der Waals surface area contributed by atoms with Gasteiger partial charge in [0.1, 0.15) is 5.69 Å². The van der Waals surface area contributed by atoms with Crippen LogP contribution in [0.2, 0.25) is 0 Å². The number of methoxy groups -OCH3 is 1. The van der Waals surface area contributed by atoms with Crippen molar-refractivity contribution in [3.8, 4) is 0 Å². The number of nitrogens with zero attached hydrogens (tertiary/aromatic N) is 2. The predicted octanol–water partition coefficient (Wildman–Crippen LogP) is 0.485. The third-order valence-electron chi connectivity index (χ3n) is 2.44. The highest BCUT2D eigenvalue weighted by atomic mass is 32.2. The first kappa shape index (κ1) is 12.8. The zero-order valence-corrected chi connectivity index (χ0v) is 11.4. The monoisotopic (exact) mass is 290 g/mol. The van der Waals surface area contributed by atoms with Gasteiger partial charge in [0, 0.05) is 7.05 Å². The van der Waals surface area contributed by atoms with Crippen LogP contribution in [-0.4, -0.2) is 42.9 Å². The van der Waals surface area contributed by atoms with Crippen molar-refractivity contribution in [1.29, 1.82) is 0 Å². The van der Waals surface area contributed by atoms with Crippen LogP contribution in [0.5, 0.6) is 0 Å². The smallest absolute Gasteiger partial charge is 0.359 e. The standard InChI is InChI=1S/C9H10N2O5S2/c1-4-10-5-7(12)6(8(13)16-3)11(2)18(14,15)9(5)17-4/h12H,1-3H3. The molecule has 0 amide bonds. The minimum atomic E-state index is -3.87. The number of sulfonamides is 1. The molecule has 1 aliphatic rings. The van der Waals surface area contributed by atoms with Gasteiger partial charge in [-0.1, -0.05) is 0 Å². The van der Waals surface area contributed by atoms with Crippen molar-refractivity contribution in [2.45, 2.75) is 11.1 Å². The summed E-state index contributed by atoms with van der Waals surface area (Å²) in [6, 6.07) is 0. The van der Waals surface area contributed by atoms with Crippen LogP contribution in [0.3, 0.4) is 0 Å². The van der Waals surface area contributed by atoms with Gasteiger partial charge in [0.05, 0.1) is 12.1 Å². The third kappa shape index (κ3) is 1.58. The number of aliphatic hydroxyl groups is 1. The summed E-state index contributed by atoms with van der Waals surface area (Å²) in [6.07, 6.45) is 0. The fraction of sp³-hybridized carbons (Fsp3) is 0.333. The van der Waals surface area contributed by atoms with Crippen molar-refractivity contribution in [3.63, 3.8) is 0 Å². The van der Waals surface area contributed by atoms with Gasteiger partial charge in [0.25, 0.3) is 10.0 Å². The van der Waals surface area contributed by atoms with Crippen LogP contribution in [0, 0.1) is 6.92 Å². The average Bonchev–Trinajstić information content (AvgIpc) is 2.70. The maximum atomic E-state index is 12.1. The van der Waals surface area contributed by atoms with Crippen LogP contribution in [0.1, 0.15) is 10.7 Å². The maximum Gasteiger partial charge on any atom is 0.359 e. The minimum Gasteiger partial charge on any atom is -0.504 e. The molecular weight excluding hydrogens is 280 g/mol. The normalized spacial score (nSPS) is 17.6. The molecule has 1 N–H and O–H groups in total. The van der Waals surface area contributed by atoms with E-state index in [0.717, 1.165) is 18.4 Å².